The van der Waals surface area contributed by atoms with Crippen LogP contribution in [-0.4, -0.2) is 48.5 Å². The first-order valence-electron chi connectivity index (χ1n) is 8.29. The number of ether oxygens (including phenoxy) is 1. The molecule has 0 unspecified atom stereocenters. The van der Waals surface area contributed by atoms with E-state index in [0.717, 1.165) is 11.8 Å². The molecule has 3 rings (SSSR count). The van der Waals surface area contributed by atoms with Crippen LogP contribution in [0.2, 0.25) is 5.02 Å². The second kappa shape index (κ2) is 8.22. The van der Waals surface area contributed by atoms with Gasteiger partial charge >= 0.3 is 0 Å². The summed E-state index contributed by atoms with van der Waals surface area (Å²) in [6.45, 7) is 2.07. The van der Waals surface area contributed by atoms with Crippen molar-refractivity contribution in [2.24, 2.45) is 0 Å². The minimum absolute atomic E-state index is 0.0455. The number of nitro benzene ring substituents is 1. The minimum Gasteiger partial charge on any atom is -0.482 e. The summed E-state index contributed by atoms with van der Waals surface area (Å²) in [5.41, 5.74) is 0.922. The van der Waals surface area contributed by atoms with Crippen LogP contribution in [0.15, 0.2) is 42.5 Å². The van der Waals surface area contributed by atoms with Crippen LogP contribution in [0.4, 0.5) is 15.8 Å². The Kier molecular flexibility index (Phi) is 5.75. The van der Waals surface area contributed by atoms with E-state index in [9.17, 15) is 19.3 Å². The molecule has 0 aromatic heterocycles. The molecule has 1 amide bonds. The maximum atomic E-state index is 13.0. The van der Waals surface area contributed by atoms with Crippen LogP contribution < -0.4 is 9.64 Å². The van der Waals surface area contributed by atoms with Gasteiger partial charge in [-0.2, -0.15) is 0 Å². The summed E-state index contributed by atoms with van der Waals surface area (Å²) in [6.07, 6.45) is 0. The molecule has 0 radical (unpaired) electrons. The molecule has 1 heterocycles. The SMILES string of the molecule is O=C(COc1ccc(F)cc1Cl)N1CCN(c2ccc([N+](=O)[O-])cc2)CC1. The number of piperazine rings is 1. The quantitative estimate of drug-likeness (QED) is 0.576. The maximum Gasteiger partial charge on any atom is 0.269 e. The number of nitrogens with zero attached hydrogens (tertiary/aromatic N) is 3. The van der Waals surface area contributed by atoms with Crippen LogP contribution in [0.3, 0.4) is 0 Å². The number of hydrogen-bond acceptors (Lipinski definition) is 5. The number of halogens is 2. The van der Waals surface area contributed by atoms with Crippen molar-refractivity contribution in [3.8, 4) is 5.75 Å². The molecule has 1 aliphatic rings. The van der Waals surface area contributed by atoms with Crippen LogP contribution in [0.25, 0.3) is 0 Å². The number of anilines is 1. The highest BCUT2D eigenvalue weighted by Crippen LogP contribution is 2.25. The fourth-order valence-electron chi connectivity index (χ4n) is 2.82. The Morgan fingerprint density at radius 1 is 1.15 bits per heavy atom. The summed E-state index contributed by atoms with van der Waals surface area (Å²) in [5, 5.41) is 10.8. The number of nitro groups is 1. The van der Waals surface area contributed by atoms with E-state index in [1.54, 1.807) is 17.0 Å². The van der Waals surface area contributed by atoms with Gasteiger partial charge in [0.05, 0.1) is 9.95 Å². The van der Waals surface area contributed by atoms with Crippen LogP contribution in [0.1, 0.15) is 0 Å². The number of amides is 1. The van der Waals surface area contributed by atoms with Gasteiger partial charge in [0, 0.05) is 44.0 Å². The van der Waals surface area contributed by atoms with Gasteiger partial charge in [0.25, 0.3) is 11.6 Å². The van der Waals surface area contributed by atoms with Gasteiger partial charge < -0.3 is 14.5 Å². The van der Waals surface area contributed by atoms with Crippen molar-refractivity contribution in [2.75, 3.05) is 37.7 Å². The van der Waals surface area contributed by atoms with Crippen LogP contribution in [0, 0.1) is 15.9 Å². The molecule has 27 heavy (non-hydrogen) atoms. The molecular formula is C18H17ClFN3O4. The molecule has 2 aromatic carbocycles. The molecule has 1 saturated heterocycles. The number of rotatable bonds is 5. The van der Waals surface area contributed by atoms with Crippen molar-refractivity contribution in [3.63, 3.8) is 0 Å². The first-order valence-corrected chi connectivity index (χ1v) is 8.67. The average Bonchev–Trinajstić information content (AvgIpc) is 2.67. The fraction of sp³-hybridized carbons (Fsp3) is 0.278. The molecule has 7 nitrogen and oxygen atoms in total. The van der Waals surface area contributed by atoms with E-state index >= 15 is 0 Å². The van der Waals surface area contributed by atoms with E-state index in [4.69, 9.17) is 16.3 Å². The summed E-state index contributed by atoms with van der Waals surface area (Å²) >= 11 is 5.88. The lowest BCUT2D eigenvalue weighted by Crippen LogP contribution is -2.50. The topological polar surface area (TPSA) is 75.9 Å². The third-order valence-electron chi connectivity index (χ3n) is 4.30. The molecule has 1 fully saturated rings. The van der Waals surface area contributed by atoms with Crippen LogP contribution in [-0.2, 0) is 4.79 Å². The van der Waals surface area contributed by atoms with E-state index in [-0.39, 0.29) is 29.0 Å². The van der Waals surface area contributed by atoms with Gasteiger partial charge in [0.15, 0.2) is 6.61 Å². The third-order valence-corrected chi connectivity index (χ3v) is 4.60. The molecule has 0 aliphatic carbocycles. The second-order valence-electron chi connectivity index (χ2n) is 6.00. The van der Waals surface area contributed by atoms with Crippen molar-refractivity contribution in [3.05, 3.63) is 63.4 Å². The van der Waals surface area contributed by atoms with Crippen molar-refractivity contribution in [1.29, 1.82) is 0 Å². The Hall–Kier alpha value is -2.87. The monoisotopic (exact) mass is 393 g/mol. The molecule has 0 N–H and O–H groups in total. The van der Waals surface area contributed by atoms with Crippen molar-refractivity contribution in [2.45, 2.75) is 0 Å². The zero-order valence-electron chi connectivity index (χ0n) is 14.3. The Balaban J connectivity index is 1.51. The van der Waals surface area contributed by atoms with Gasteiger partial charge in [-0.25, -0.2) is 4.39 Å². The van der Waals surface area contributed by atoms with E-state index in [1.807, 2.05) is 0 Å². The lowest BCUT2D eigenvalue weighted by Gasteiger charge is -2.36. The van der Waals surface area contributed by atoms with Gasteiger partial charge in [0.2, 0.25) is 0 Å². The third kappa shape index (κ3) is 4.65. The van der Waals surface area contributed by atoms with Gasteiger partial charge in [-0.3, -0.25) is 14.9 Å². The average molecular weight is 394 g/mol. The fourth-order valence-corrected chi connectivity index (χ4v) is 3.04. The molecule has 0 bridgehead atoms. The van der Waals surface area contributed by atoms with Gasteiger partial charge in [0.1, 0.15) is 11.6 Å². The number of hydrogen-bond donors (Lipinski definition) is 0. The Morgan fingerprint density at radius 3 is 2.41 bits per heavy atom. The zero-order chi connectivity index (χ0) is 19.4. The molecule has 0 spiro atoms. The number of benzene rings is 2. The summed E-state index contributed by atoms with van der Waals surface area (Å²) in [7, 11) is 0. The Bertz CT molecular complexity index is 839. The Morgan fingerprint density at radius 2 is 1.81 bits per heavy atom. The van der Waals surface area contributed by atoms with Crippen molar-refractivity contribution >= 4 is 28.9 Å². The summed E-state index contributed by atoms with van der Waals surface area (Å²) in [5.74, 6) is -0.393. The predicted octanol–water partition coefficient (Wildman–Crippen LogP) is 3.11. The minimum atomic E-state index is -0.471. The maximum absolute atomic E-state index is 13.0. The lowest BCUT2D eigenvalue weighted by atomic mass is 10.2. The summed E-state index contributed by atoms with van der Waals surface area (Å²) in [6, 6.07) is 10.1. The molecule has 2 aromatic rings. The first-order chi connectivity index (χ1) is 12.9. The van der Waals surface area contributed by atoms with E-state index in [0.29, 0.717) is 26.2 Å². The number of non-ortho nitro benzene ring substituents is 1. The van der Waals surface area contributed by atoms with Crippen LogP contribution in [0.5, 0.6) is 5.75 Å². The number of carbonyl (C=O) groups excluding carboxylic acids is 1. The first kappa shape index (κ1) is 18.9. The summed E-state index contributed by atoms with van der Waals surface area (Å²) in [4.78, 5) is 26.3. The van der Waals surface area contributed by atoms with Gasteiger partial charge in [-0.05, 0) is 30.3 Å². The lowest BCUT2D eigenvalue weighted by molar-refractivity contribution is -0.384. The van der Waals surface area contributed by atoms with Gasteiger partial charge in [-0.1, -0.05) is 11.6 Å². The standard InChI is InChI=1S/C18H17ClFN3O4/c19-16-11-13(20)1-6-17(16)27-12-18(24)22-9-7-21(8-10-22)14-2-4-15(5-3-14)23(25)26/h1-6,11H,7-10,12H2. The normalized spacial score (nSPS) is 14.1. The Labute approximate surface area is 160 Å². The highest BCUT2D eigenvalue weighted by Gasteiger charge is 2.22. The molecule has 1 aliphatic heterocycles. The molecule has 0 atom stereocenters. The number of carbonyl (C=O) groups is 1. The molecular weight excluding hydrogens is 377 g/mol. The second-order valence-corrected chi connectivity index (χ2v) is 6.41. The van der Waals surface area contributed by atoms with E-state index in [1.165, 1.54) is 24.3 Å². The summed E-state index contributed by atoms with van der Waals surface area (Å²) < 4.78 is 18.4. The highest BCUT2D eigenvalue weighted by molar-refractivity contribution is 6.32. The van der Waals surface area contributed by atoms with Crippen molar-refractivity contribution in [1.82, 2.24) is 4.90 Å². The van der Waals surface area contributed by atoms with E-state index < -0.39 is 10.7 Å². The predicted molar refractivity (Wildman–Crippen MR) is 98.8 cm³/mol. The van der Waals surface area contributed by atoms with E-state index in [2.05, 4.69) is 4.90 Å². The van der Waals surface area contributed by atoms with Gasteiger partial charge in [-0.15, -0.1) is 0 Å². The van der Waals surface area contributed by atoms with Crippen molar-refractivity contribution < 1.29 is 18.8 Å². The molecule has 9 heteroatoms. The zero-order valence-corrected chi connectivity index (χ0v) is 15.1. The molecule has 0 saturated carbocycles. The largest absolute Gasteiger partial charge is 0.482 e. The molecule has 142 valence electrons. The smallest absolute Gasteiger partial charge is 0.269 e. The van der Waals surface area contributed by atoms with Crippen LogP contribution >= 0.6 is 11.6 Å². The highest BCUT2D eigenvalue weighted by atomic mass is 35.5.